The molecule has 4 nitrogen and oxygen atoms in total. The van der Waals surface area contributed by atoms with Gasteiger partial charge in [0.2, 0.25) is 0 Å². The first-order valence-corrected chi connectivity index (χ1v) is 6.77. The van der Waals surface area contributed by atoms with E-state index in [2.05, 4.69) is 11.8 Å². The highest BCUT2D eigenvalue weighted by atomic mass is 19.1. The van der Waals surface area contributed by atoms with Crippen LogP contribution in [0.4, 0.5) is 4.39 Å². The van der Waals surface area contributed by atoms with Crippen molar-refractivity contribution >= 4 is 0 Å². The summed E-state index contributed by atoms with van der Waals surface area (Å²) in [5.41, 5.74) is 6.17. The molecule has 0 saturated carbocycles. The Kier molecular flexibility index (Phi) is 4.61. The van der Waals surface area contributed by atoms with Crippen LogP contribution in [0.15, 0.2) is 35.4 Å². The molecule has 110 valence electrons. The standard InChI is InChI=1S/C16H18FN3O/c1-12(2)20-9-8-19(16(20)21)11-14-6-5-13(4-3-7-18)10-15(14)17/h5-6,8-10,12H,7,11,18H2,1-2H3. The summed E-state index contributed by atoms with van der Waals surface area (Å²) < 4.78 is 17.1. The number of benzene rings is 1. The molecule has 0 bridgehead atoms. The molecule has 0 saturated heterocycles. The fourth-order valence-corrected chi connectivity index (χ4v) is 2.03. The number of hydrogen-bond acceptors (Lipinski definition) is 2. The highest BCUT2D eigenvalue weighted by Crippen LogP contribution is 2.11. The molecule has 0 amide bonds. The average molecular weight is 287 g/mol. The molecule has 1 aromatic carbocycles. The fourth-order valence-electron chi connectivity index (χ4n) is 2.03. The van der Waals surface area contributed by atoms with Crippen molar-refractivity contribution in [3.63, 3.8) is 0 Å². The quantitative estimate of drug-likeness (QED) is 0.874. The maximum absolute atomic E-state index is 14.0. The lowest BCUT2D eigenvalue weighted by atomic mass is 10.1. The number of halogens is 1. The molecule has 0 fully saturated rings. The molecule has 2 N–H and O–H groups in total. The second kappa shape index (κ2) is 6.42. The van der Waals surface area contributed by atoms with Crippen LogP contribution in [-0.4, -0.2) is 15.7 Å². The van der Waals surface area contributed by atoms with Gasteiger partial charge in [-0.2, -0.15) is 0 Å². The van der Waals surface area contributed by atoms with E-state index < -0.39 is 0 Å². The van der Waals surface area contributed by atoms with E-state index in [9.17, 15) is 9.18 Å². The third-order valence-corrected chi connectivity index (χ3v) is 3.16. The lowest BCUT2D eigenvalue weighted by molar-refractivity contribution is 0.553. The third kappa shape index (κ3) is 3.41. The van der Waals surface area contributed by atoms with Gasteiger partial charge in [0.05, 0.1) is 13.1 Å². The molecule has 0 unspecified atom stereocenters. The van der Waals surface area contributed by atoms with E-state index in [0.29, 0.717) is 11.1 Å². The summed E-state index contributed by atoms with van der Waals surface area (Å²) in [5, 5.41) is 0. The summed E-state index contributed by atoms with van der Waals surface area (Å²) in [4.78, 5) is 12.1. The van der Waals surface area contributed by atoms with Gasteiger partial charge in [0.1, 0.15) is 5.82 Å². The zero-order chi connectivity index (χ0) is 15.4. The highest BCUT2D eigenvalue weighted by molar-refractivity contribution is 5.37. The molecule has 2 aromatic rings. The third-order valence-electron chi connectivity index (χ3n) is 3.16. The molecule has 0 atom stereocenters. The SMILES string of the molecule is CC(C)n1ccn(Cc2ccc(C#CCN)cc2F)c1=O. The summed E-state index contributed by atoms with van der Waals surface area (Å²) in [6.07, 6.45) is 3.38. The van der Waals surface area contributed by atoms with E-state index in [1.165, 1.54) is 10.6 Å². The smallest absolute Gasteiger partial charge is 0.320 e. The summed E-state index contributed by atoms with van der Waals surface area (Å²) in [5.74, 6) is 5.09. The van der Waals surface area contributed by atoms with Gasteiger partial charge >= 0.3 is 5.69 Å². The van der Waals surface area contributed by atoms with E-state index in [1.54, 1.807) is 29.1 Å². The van der Waals surface area contributed by atoms with Crippen LogP contribution in [0.25, 0.3) is 0 Å². The largest absolute Gasteiger partial charge is 0.328 e. The van der Waals surface area contributed by atoms with Crippen molar-refractivity contribution in [1.82, 2.24) is 9.13 Å². The molecule has 2 rings (SSSR count). The second-order valence-electron chi connectivity index (χ2n) is 5.02. The molecule has 21 heavy (non-hydrogen) atoms. The van der Waals surface area contributed by atoms with Crippen molar-refractivity contribution in [2.24, 2.45) is 5.73 Å². The lowest BCUT2D eigenvalue weighted by Crippen LogP contribution is -2.25. The van der Waals surface area contributed by atoms with Crippen molar-refractivity contribution in [3.8, 4) is 11.8 Å². The van der Waals surface area contributed by atoms with Crippen molar-refractivity contribution in [2.75, 3.05) is 6.54 Å². The summed E-state index contributed by atoms with van der Waals surface area (Å²) in [6, 6.07) is 4.82. The van der Waals surface area contributed by atoms with Crippen LogP contribution >= 0.6 is 0 Å². The normalized spacial score (nSPS) is 10.5. The number of imidazole rings is 1. The lowest BCUT2D eigenvalue weighted by Gasteiger charge is -2.06. The number of nitrogens with zero attached hydrogens (tertiary/aromatic N) is 2. The Hall–Kier alpha value is -2.32. The van der Waals surface area contributed by atoms with Gasteiger partial charge in [-0.05, 0) is 26.0 Å². The van der Waals surface area contributed by atoms with Crippen molar-refractivity contribution in [3.05, 3.63) is 58.0 Å². The maximum atomic E-state index is 14.0. The van der Waals surface area contributed by atoms with E-state index >= 15 is 0 Å². The van der Waals surface area contributed by atoms with Gasteiger partial charge in [0, 0.05) is 29.6 Å². The Morgan fingerprint density at radius 1 is 1.33 bits per heavy atom. The van der Waals surface area contributed by atoms with Crippen LogP contribution in [0.1, 0.15) is 31.0 Å². The van der Waals surface area contributed by atoms with E-state index in [1.807, 2.05) is 13.8 Å². The molecule has 0 aliphatic rings. The highest BCUT2D eigenvalue weighted by Gasteiger charge is 2.09. The van der Waals surface area contributed by atoms with Gasteiger partial charge in [-0.25, -0.2) is 9.18 Å². The monoisotopic (exact) mass is 287 g/mol. The van der Waals surface area contributed by atoms with Crippen LogP contribution in [0.2, 0.25) is 0 Å². The maximum Gasteiger partial charge on any atom is 0.328 e. The first-order valence-electron chi connectivity index (χ1n) is 6.77. The Bertz CT molecular complexity index is 747. The second-order valence-corrected chi connectivity index (χ2v) is 5.02. The molecular formula is C16H18FN3O. The molecule has 0 radical (unpaired) electrons. The van der Waals surface area contributed by atoms with E-state index in [4.69, 9.17) is 5.73 Å². The predicted molar refractivity (Wildman–Crippen MR) is 80.5 cm³/mol. The Morgan fingerprint density at radius 2 is 2.10 bits per heavy atom. The van der Waals surface area contributed by atoms with Gasteiger partial charge in [0.15, 0.2) is 0 Å². The van der Waals surface area contributed by atoms with Crippen LogP contribution in [0.5, 0.6) is 0 Å². The molecule has 0 spiro atoms. The molecule has 0 aliphatic carbocycles. The van der Waals surface area contributed by atoms with Gasteiger partial charge in [-0.3, -0.25) is 9.13 Å². The van der Waals surface area contributed by atoms with Crippen molar-refractivity contribution in [2.45, 2.75) is 26.4 Å². The molecule has 5 heteroatoms. The van der Waals surface area contributed by atoms with Crippen LogP contribution in [0.3, 0.4) is 0 Å². The first kappa shape index (κ1) is 15.1. The number of hydrogen-bond donors (Lipinski definition) is 1. The zero-order valence-electron chi connectivity index (χ0n) is 12.1. The van der Waals surface area contributed by atoms with Gasteiger partial charge < -0.3 is 5.73 Å². The fraction of sp³-hybridized carbons (Fsp3) is 0.312. The van der Waals surface area contributed by atoms with E-state index in [-0.39, 0.29) is 30.6 Å². The zero-order valence-corrected chi connectivity index (χ0v) is 12.1. The number of aromatic nitrogens is 2. The molecular weight excluding hydrogens is 269 g/mol. The minimum absolute atomic E-state index is 0.0810. The minimum Gasteiger partial charge on any atom is -0.320 e. The van der Waals surface area contributed by atoms with Crippen molar-refractivity contribution in [1.29, 1.82) is 0 Å². The summed E-state index contributed by atoms with van der Waals surface area (Å²) in [6.45, 7) is 4.30. The molecule has 1 heterocycles. The minimum atomic E-state index is -0.372. The molecule has 1 aromatic heterocycles. The first-order chi connectivity index (χ1) is 10.0. The Morgan fingerprint density at radius 3 is 2.67 bits per heavy atom. The number of rotatable bonds is 3. The van der Waals surface area contributed by atoms with E-state index in [0.717, 1.165) is 0 Å². The topological polar surface area (TPSA) is 52.9 Å². The summed E-state index contributed by atoms with van der Waals surface area (Å²) >= 11 is 0. The Labute approximate surface area is 123 Å². The van der Waals surface area contributed by atoms with Crippen LogP contribution in [-0.2, 0) is 6.54 Å². The Balaban J connectivity index is 2.26. The molecule has 0 aliphatic heterocycles. The van der Waals surface area contributed by atoms with Gasteiger partial charge in [-0.1, -0.05) is 17.9 Å². The van der Waals surface area contributed by atoms with Crippen LogP contribution < -0.4 is 11.4 Å². The van der Waals surface area contributed by atoms with Gasteiger partial charge in [0.25, 0.3) is 0 Å². The number of nitrogens with two attached hydrogens (primary N) is 1. The average Bonchev–Trinajstić information content (AvgIpc) is 2.80. The predicted octanol–water partition coefficient (Wildman–Crippen LogP) is 1.73. The van der Waals surface area contributed by atoms with Gasteiger partial charge in [-0.15, -0.1) is 0 Å². The summed E-state index contributed by atoms with van der Waals surface area (Å²) in [7, 11) is 0. The van der Waals surface area contributed by atoms with Crippen LogP contribution in [0, 0.1) is 17.7 Å². The van der Waals surface area contributed by atoms with Crippen molar-refractivity contribution < 1.29 is 4.39 Å².